The number of thiophene rings is 1. The molecule has 5 nitrogen and oxygen atoms in total. The Morgan fingerprint density at radius 3 is 2.55 bits per heavy atom. The smallest absolute Gasteiger partial charge is 0.341 e. The van der Waals surface area contributed by atoms with Gasteiger partial charge in [0.05, 0.1) is 19.2 Å². The van der Waals surface area contributed by atoms with Crippen LogP contribution in [0, 0.1) is 5.41 Å². The lowest BCUT2D eigenvalue weighted by atomic mass is 9.93. The average Bonchev–Trinajstić information content (AvgIpc) is 2.70. The van der Waals surface area contributed by atoms with Crippen LogP contribution >= 0.6 is 11.3 Å². The van der Waals surface area contributed by atoms with Gasteiger partial charge in [0.2, 0.25) is 5.91 Å². The highest BCUT2D eigenvalue weighted by Gasteiger charge is 2.33. The predicted octanol–water partition coefficient (Wildman–Crippen LogP) is 2.05. The molecule has 2 heterocycles. The molecule has 0 bridgehead atoms. The first-order valence-corrected chi connectivity index (χ1v) is 7.35. The number of fused-ring (bicyclic) bond motifs is 1. The molecule has 20 heavy (non-hydrogen) atoms. The summed E-state index contributed by atoms with van der Waals surface area (Å²) in [6.07, 6.45) is 0.648. The molecule has 2 rings (SSSR count). The Labute approximate surface area is 122 Å². The van der Waals surface area contributed by atoms with E-state index < -0.39 is 11.4 Å². The zero-order valence-corrected chi connectivity index (χ0v) is 13.1. The Bertz CT molecular complexity index is 558. The van der Waals surface area contributed by atoms with Crippen LogP contribution in [0.1, 0.15) is 41.6 Å². The number of nitrogens with two attached hydrogens (primary N) is 1. The number of anilines is 1. The first kappa shape index (κ1) is 14.8. The van der Waals surface area contributed by atoms with Crippen LogP contribution in [0.25, 0.3) is 0 Å². The molecule has 0 radical (unpaired) electrons. The number of ether oxygens (including phenoxy) is 1. The summed E-state index contributed by atoms with van der Waals surface area (Å²) in [5.41, 5.74) is 6.95. The van der Waals surface area contributed by atoms with Crippen molar-refractivity contribution in [1.29, 1.82) is 0 Å². The van der Waals surface area contributed by atoms with Gasteiger partial charge < -0.3 is 15.4 Å². The Morgan fingerprint density at radius 2 is 2.00 bits per heavy atom. The largest absolute Gasteiger partial charge is 0.465 e. The van der Waals surface area contributed by atoms with E-state index in [2.05, 4.69) is 0 Å². The molecule has 0 aliphatic carbocycles. The van der Waals surface area contributed by atoms with Crippen LogP contribution < -0.4 is 5.73 Å². The summed E-state index contributed by atoms with van der Waals surface area (Å²) in [4.78, 5) is 26.9. The van der Waals surface area contributed by atoms with Gasteiger partial charge in [-0.1, -0.05) is 20.8 Å². The second kappa shape index (κ2) is 5.09. The molecular formula is C14H20N2O3S. The highest BCUT2D eigenvalue weighted by Crippen LogP contribution is 2.36. The van der Waals surface area contributed by atoms with E-state index in [0.717, 1.165) is 10.4 Å². The predicted molar refractivity (Wildman–Crippen MR) is 78.6 cm³/mol. The van der Waals surface area contributed by atoms with Gasteiger partial charge in [0.25, 0.3) is 0 Å². The monoisotopic (exact) mass is 296 g/mol. The molecule has 6 heteroatoms. The highest BCUT2D eigenvalue weighted by molar-refractivity contribution is 7.16. The van der Waals surface area contributed by atoms with E-state index in [4.69, 9.17) is 10.5 Å². The Hall–Kier alpha value is -1.56. The van der Waals surface area contributed by atoms with Crippen LogP contribution in [0.3, 0.4) is 0 Å². The Kier molecular flexibility index (Phi) is 3.77. The lowest BCUT2D eigenvalue weighted by Crippen LogP contribution is -2.42. The number of esters is 1. The number of methoxy groups -OCH3 is 1. The third-order valence-electron chi connectivity index (χ3n) is 3.40. The molecule has 0 aromatic carbocycles. The number of nitrogen functional groups attached to an aromatic ring is 1. The lowest BCUT2D eigenvalue weighted by Gasteiger charge is -2.32. The highest BCUT2D eigenvalue weighted by atomic mass is 32.1. The SMILES string of the molecule is COC(=O)c1c(N)sc2c1CCN(C(=O)C(C)(C)C)C2. The minimum atomic E-state index is -0.397. The van der Waals surface area contributed by atoms with Gasteiger partial charge >= 0.3 is 5.97 Å². The van der Waals surface area contributed by atoms with E-state index >= 15 is 0 Å². The molecule has 1 aliphatic rings. The molecule has 1 amide bonds. The maximum absolute atomic E-state index is 12.3. The van der Waals surface area contributed by atoms with E-state index in [1.54, 1.807) is 0 Å². The number of carbonyl (C=O) groups is 2. The van der Waals surface area contributed by atoms with E-state index in [1.807, 2.05) is 25.7 Å². The molecule has 1 aliphatic heterocycles. The standard InChI is InChI=1S/C14H20N2O3S/c1-14(2,3)13(18)16-6-5-8-9(7-16)20-11(15)10(8)12(17)19-4/h5-7,15H2,1-4H3. The van der Waals surface area contributed by atoms with Crippen molar-refractivity contribution in [3.8, 4) is 0 Å². The minimum Gasteiger partial charge on any atom is -0.465 e. The summed E-state index contributed by atoms with van der Waals surface area (Å²) < 4.78 is 4.78. The molecule has 0 saturated carbocycles. The summed E-state index contributed by atoms with van der Waals surface area (Å²) in [6.45, 7) is 6.87. The van der Waals surface area contributed by atoms with Crippen molar-refractivity contribution in [1.82, 2.24) is 4.90 Å². The second-order valence-electron chi connectivity index (χ2n) is 5.96. The molecule has 110 valence electrons. The average molecular weight is 296 g/mol. The number of amides is 1. The van der Waals surface area contributed by atoms with Gasteiger partial charge in [0.15, 0.2) is 0 Å². The molecular weight excluding hydrogens is 276 g/mol. The molecule has 1 aromatic heterocycles. The van der Waals surface area contributed by atoms with Crippen molar-refractivity contribution in [2.75, 3.05) is 19.4 Å². The summed E-state index contributed by atoms with van der Waals surface area (Å²) in [5, 5.41) is 0.479. The normalized spacial score (nSPS) is 14.9. The maximum atomic E-state index is 12.3. The second-order valence-corrected chi connectivity index (χ2v) is 7.10. The summed E-state index contributed by atoms with van der Waals surface area (Å²) >= 11 is 1.38. The summed E-state index contributed by atoms with van der Waals surface area (Å²) in [5.74, 6) is -0.273. The topological polar surface area (TPSA) is 72.6 Å². The van der Waals surface area contributed by atoms with E-state index in [0.29, 0.717) is 30.1 Å². The molecule has 2 N–H and O–H groups in total. The fourth-order valence-corrected chi connectivity index (χ4v) is 3.52. The van der Waals surface area contributed by atoms with Gasteiger partial charge in [0, 0.05) is 16.8 Å². The number of rotatable bonds is 1. The van der Waals surface area contributed by atoms with Crippen LogP contribution in [-0.2, 0) is 22.5 Å². The van der Waals surface area contributed by atoms with Crippen molar-refractivity contribution in [2.24, 2.45) is 5.41 Å². The quantitative estimate of drug-likeness (QED) is 0.805. The zero-order valence-electron chi connectivity index (χ0n) is 12.3. The minimum absolute atomic E-state index is 0.120. The molecule has 0 saturated heterocycles. The van der Waals surface area contributed by atoms with Gasteiger partial charge in [-0.25, -0.2) is 4.79 Å². The van der Waals surface area contributed by atoms with Crippen molar-refractivity contribution in [2.45, 2.75) is 33.7 Å². The molecule has 0 fully saturated rings. The van der Waals surface area contributed by atoms with E-state index in [9.17, 15) is 9.59 Å². The van der Waals surface area contributed by atoms with Crippen molar-refractivity contribution in [3.63, 3.8) is 0 Å². The molecule has 1 aromatic rings. The lowest BCUT2D eigenvalue weighted by molar-refractivity contribution is -0.140. The van der Waals surface area contributed by atoms with Gasteiger partial charge in [-0.2, -0.15) is 0 Å². The third-order valence-corrected chi connectivity index (χ3v) is 4.45. The number of hydrogen-bond acceptors (Lipinski definition) is 5. The zero-order chi connectivity index (χ0) is 15.1. The third kappa shape index (κ3) is 2.52. The van der Waals surface area contributed by atoms with Crippen molar-refractivity contribution < 1.29 is 14.3 Å². The van der Waals surface area contributed by atoms with Gasteiger partial charge in [0.1, 0.15) is 5.00 Å². The number of carbonyl (C=O) groups excluding carboxylic acids is 2. The fourth-order valence-electron chi connectivity index (χ4n) is 2.40. The first-order valence-electron chi connectivity index (χ1n) is 6.53. The maximum Gasteiger partial charge on any atom is 0.341 e. The van der Waals surface area contributed by atoms with Crippen molar-refractivity contribution >= 4 is 28.2 Å². The van der Waals surface area contributed by atoms with Gasteiger partial charge in [-0.05, 0) is 12.0 Å². The Morgan fingerprint density at radius 1 is 1.35 bits per heavy atom. The summed E-state index contributed by atoms with van der Waals surface area (Å²) in [7, 11) is 1.35. The van der Waals surface area contributed by atoms with Crippen LogP contribution in [-0.4, -0.2) is 30.4 Å². The first-order chi connectivity index (χ1) is 9.25. The van der Waals surface area contributed by atoms with Gasteiger partial charge in [-0.15, -0.1) is 11.3 Å². The van der Waals surface area contributed by atoms with E-state index in [-0.39, 0.29) is 5.91 Å². The van der Waals surface area contributed by atoms with Crippen LogP contribution in [0.15, 0.2) is 0 Å². The van der Waals surface area contributed by atoms with Crippen LogP contribution in [0.2, 0.25) is 0 Å². The Balaban J connectivity index is 2.29. The molecule has 0 spiro atoms. The van der Waals surface area contributed by atoms with Crippen molar-refractivity contribution in [3.05, 3.63) is 16.0 Å². The summed E-state index contributed by atoms with van der Waals surface area (Å²) in [6, 6.07) is 0. The molecule has 0 unspecified atom stereocenters. The fraction of sp³-hybridized carbons (Fsp3) is 0.571. The number of hydrogen-bond donors (Lipinski definition) is 1. The van der Waals surface area contributed by atoms with Crippen LogP contribution in [0.5, 0.6) is 0 Å². The van der Waals surface area contributed by atoms with Crippen LogP contribution in [0.4, 0.5) is 5.00 Å². The number of nitrogens with zero attached hydrogens (tertiary/aromatic N) is 1. The van der Waals surface area contributed by atoms with E-state index in [1.165, 1.54) is 18.4 Å². The van der Waals surface area contributed by atoms with Gasteiger partial charge in [-0.3, -0.25) is 4.79 Å². The molecule has 0 atom stereocenters.